The summed E-state index contributed by atoms with van der Waals surface area (Å²) in [4.78, 5) is 3.87. The number of piperidine rings is 1. The molecule has 1 aliphatic heterocycles. The van der Waals surface area contributed by atoms with E-state index in [0.29, 0.717) is 18.5 Å². The summed E-state index contributed by atoms with van der Waals surface area (Å²) in [5, 5.41) is 11.4. The molecule has 1 fully saturated rings. The van der Waals surface area contributed by atoms with Crippen molar-refractivity contribution in [2.45, 2.75) is 23.1 Å². The fraction of sp³-hybridized carbons (Fsp3) is 0.455. The van der Waals surface area contributed by atoms with Crippen LogP contribution in [0.2, 0.25) is 0 Å². The average molecular weight is 251 g/mol. The molecule has 2 rings (SSSR count). The van der Waals surface area contributed by atoms with E-state index in [9.17, 15) is 8.42 Å². The van der Waals surface area contributed by atoms with Gasteiger partial charge in [-0.1, -0.05) is 0 Å². The predicted molar refractivity (Wildman–Crippen MR) is 62.0 cm³/mol. The van der Waals surface area contributed by atoms with Crippen LogP contribution >= 0.6 is 0 Å². The molecular formula is C11H13N3O2S. The van der Waals surface area contributed by atoms with Crippen molar-refractivity contribution in [3.8, 4) is 6.07 Å². The minimum atomic E-state index is -3.42. The van der Waals surface area contributed by atoms with Crippen molar-refractivity contribution >= 4 is 9.84 Å². The first kappa shape index (κ1) is 12.0. The van der Waals surface area contributed by atoms with Crippen LogP contribution in [-0.4, -0.2) is 31.7 Å². The first-order valence-electron chi connectivity index (χ1n) is 5.45. The van der Waals surface area contributed by atoms with Crippen LogP contribution in [0.1, 0.15) is 18.4 Å². The highest BCUT2D eigenvalue weighted by Gasteiger charge is 2.30. The zero-order valence-electron chi connectivity index (χ0n) is 9.26. The normalized spacial score (nSPS) is 20.8. The zero-order chi connectivity index (χ0) is 12.3. The molecular weight excluding hydrogens is 238 g/mol. The van der Waals surface area contributed by atoms with Gasteiger partial charge in [0.1, 0.15) is 0 Å². The average Bonchev–Trinajstić information content (AvgIpc) is 2.40. The molecule has 6 heteroatoms. The van der Waals surface area contributed by atoms with Crippen LogP contribution in [0.25, 0.3) is 0 Å². The molecule has 0 radical (unpaired) electrons. The number of aromatic nitrogens is 1. The lowest BCUT2D eigenvalue weighted by Crippen LogP contribution is -2.39. The van der Waals surface area contributed by atoms with Gasteiger partial charge in [-0.3, -0.25) is 0 Å². The maximum absolute atomic E-state index is 12.2. The predicted octanol–water partition coefficient (Wildman–Crippen LogP) is 0.479. The lowest BCUT2D eigenvalue weighted by Gasteiger charge is -2.22. The van der Waals surface area contributed by atoms with Gasteiger partial charge in [0.15, 0.2) is 14.9 Å². The zero-order valence-corrected chi connectivity index (χ0v) is 10.1. The van der Waals surface area contributed by atoms with E-state index in [2.05, 4.69) is 10.3 Å². The highest BCUT2D eigenvalue weighted by molar-refractivity contribution is 7.92. The molecule has 1 aliphatic rings. The summed E-state index contributed by atoms with van der Waals surface area (Å²) in [5.74, 6) is 0. The number of hydrogen-bond acceptors (Lipinski definition) is 5. The second kappa shape index (κ2) is 4.82. The lowest BCUT2D eigenvalue weighted by atomic mass is 10.2. The lowest BCUT2D eigenvalue weighted by molar-refractivity contribution is 0.495. The van der Waals surface area contributed by atoms with Gasteiger partial charge in [-0.05, 0) is 31.5 Å². The van der Waals surface area contributed by atoms with Crippen LogP contribution in [0.5, 0.6) is 0 Å². The molecule has 0 spiro atoms. The molecule has 0 amide bonds. The van der Waals surface area contributed by atoms with Crippen molar-refractivity contribution in [3.63, 3.8) is 0 Å². The van der Waals surface area contributed by atoms with Crippen molar-refractivity contribution in [1.82, 2.24) is 10.3 Å². The summed E-state index contributed by atoms with van der Waals surface area (Å²) in [6, 6.07) is 4.76. The molecule has 1 N–H and O–H groups in total. The van der Waals surface area contributed by atoms with Crippen molar-refractivity contribution in [3.05, 3.63) is 23.9 Å². The number of nitrogens with zero attached hydrogens (tertiary/aromatic N) is 2. The van der Waals surface area contributed by atoms with Crippen molar-refractivity contribution in [2.24, 2.45) is 0 Å². The third-order valence-electron chi connectivity index (χ3n) is 2.85. The number of pyridine rings is 1. The highest BCUT2D eigenvalue weighted by atomic mass is 32.2. The third-order valence-corrected chi connectivity index (χ3v) is 4.93. The minimum absolute atomic E-state index is 0.00486. The maximum Gasteiger partial charge on any atom is 0.199 e. The molecule has 0 unspecified atom stereocenters. The first-order chi connectivity index (χ1) is 8.14. The molecule has 90 valence electrons. The van der Waals surface area contributed by atoms with Gasteiger partial charge in [0, 0.05) is 12.7 Å². The van der Waals surface area contributed by atoms with Gasteiger partial charge in [0.2, 0.25) is 0 Å². The van der Waals surface area contributed by atoms with Gasteiger partial charge in [0.05, 0.1) is 16.9 Å². The van der Waals surface area contributed by atoms with E-state index in [-0.39, 0.29) is 5.03 Å². The van der Waals surface area contributed by atoms with E-state index in [4.69, 9.17) is 5.26 Å². The fourth-order valence-corrected chi connectivity index (χ4v) is 3.54. The number of nitrogens with one attached hydrogen (secondary N) is 1. The number of hydrogen-bond donors (Lipinski definition) is 1. The van der Waals surface area contributed by atoms with E-state index in [1.54, 1.807) is 0 Å². The van der Waals surface area contributed by atoms with Crippen molar-refractivity contribution in [2.75, 3.05) is 13.1 Å². The number of sulfone groups is 1. The Morgan fingerprint density at radius 3 is 3.00 bits per heavy atom. The Bertz CT molecular complexity index is 542. The Morgan fingerprint density at radius 2 is 2.35 bits per heavy atom. The summed E-state index contributed by atoms with van der Waals surface area (Å²) >= 11 is 0. The van der Waals surface area contributed by atoms with Crippen LogP contribution in [0.3, 0.4) is 0 Å². The summed E-state index contributed by atoms with van der Waals surface area (Å²) < 4.78 is 24.5. The smallest absolute Gasteiger partial charge is 0.199 e. The molecule has 5 nitrogen and oxygen atoms in total. The summed E-state index contributed by atoms with van der Waals surface area (Å²) in [5.41, 5.74) is 0.322. The molecule has 1 saturated heterocycles. The van der Waals surface area contributed by atoms with Crippen LogP contribution in [0.4, 0.5) is 0 Å². The Labute approximate surface area is 100 Å². The Balaban J connectivity index is 2.34. The van der Waals surface area contributed by atoms with E-state index in [0.717, 1.165) is 13.0 Å². The van der Waals surface area contributed by atoms with Crippen LogP contribution in [0, 0.1) is 11.3 Å². The fourth-order valence-electron chi connectivity index (χ4n) is 1.89. The van der Waals surface area contributed by atoms with Crippen LogP contribution in [0.15, 0.2) is 23.4 Å². The van der Waals surface area contributed by atoms with E-state index in [1.165, 1.54) is 18.3 Å². The molecule has 0 aliphatic carbocycles. The highest BCUT2D eigenvalue weighted by Crippen LogP contribution is 2.19. The second-order valence-corrected chi connectivity index (χ2v) is 6.18. The monoisotopic (exact) mass is 251 g/mol. The van der Waals surface area contributed by atoms with Crippen LogP contribution in [-0.2, 0) is 9.84 Å². The summed E-state index contributed by atoms with van der Waals surface area (Å²) in [6.45, 7) is 1.32. The van der Waals surface area contributed by atoms with E-state index >= 15 is 0 Å². The number of nitriles is 1. The molecule has 1 aromatic heterocycles. The van der Waals surface area contributed by atoms with Gasteiger partial charge in [0.25, 0.3) is 0 Å². The molecule has 1 aromatic rings. The quantitative estimate of drug-likeness (QED) is 0.826. The number of rotatable bonds is 2. The SMILES string of the molecule is N#Cc1ccnc(S(=O)(=O)[C@@H]2CCCNC2)c1. The Morgan fingerprint density at radius 1 is 1.53 bits per heavy atom. The van der Waals surface area contributed by atoms with Gasteiger partial charge in [-0.25, -0.2) is 13.4 Å². The van der Waals surface area contributed by atoms with Crippen molar-refractivity contribution in [1.29, 1.82) is 5.26 Å². The molecule has 17 heavy (non-hydrogen) atoms. The largest absolute Gasteiger partial charge is 0.315 e. The van der Waals surface area contributed by atoms with E-state index < -0.39 is 15.1 Å². The van der Waals surface area contributed by atoms with Gasteiger partial charge in [-0.2, -0.15) is 5.26 Å². The molecule has 1 atom stereocenters. The minimum Gasteiger partial charge on any atom is -0.315 e. The summed E-state index contributed by atoms with van der Waals surface area (Å²) in [7, 11) is -3.42. The van der Waals surface area contributed by atoms with Gasteiger partial charge >= 0.3 is 0 Å². The van der Waals surface area contributed by atoms with Crippen LogP contribution < -0.4 is 5.32 Å². The van der Waals surface area contributed by atoms with E-state index in [1.807, 2.05) is 6.07 Å². The molecule has 0 bridgehead atoms. The van der Waals surface area contributed by atoms with Crippen molar-refractivity contribution < 1.29 is 8.42 Å². The maximum atomic E-state index is 12.2. The Hall–Kier alpha value is -1.45. The molecule has 0 saturated carbocycles. The molecule has 0 aromatic carbocycles. The van der Waals surface area contributed by atoms with Gasteiger partial charge in [-0.15, -0.1) is 0 Å². The van der Waals surface area contributed by atoms with Gasteiger partial charge < -0.3 is 5.32 Å². The standard InChI is InChI=1S/C11H13N3O2S/c12-7-9-3-5-14-11(6-9)17(15,16)10-2-1-4-13-8-10/h3,5-6,10,13H,1-2,4,8H2/t10-/m1/s1. The first-order valence-corrected chi connectivity index (χ1v) is 7.00. The molecule has 2 heterocycles. The third kappa shape index (κ3) is 2.46. The Kier molecular flexibility index (Phi) is 3.41. The summed E-state index contributed by atoms with van der Waals surface area (Å²) in [6.07, 6.45) is 2.86. The topological polar surface area (TPSA) is 82.8 Å². The second-order valence-electron chi connectivity index (χ2n) is 4.01.